The van der Waals surface area contributed by atoms with E-state index in [9.17, 15) is 10.5 Å². The van der Waals surface area contributed by atoms with Crippen LogP contribution in [0.5, 0.6) is 0 Å². The number of para-hydroxylation sites is 2. The third-order valence-electron chi connectivity index (χ3n) is 8.21. The molecule has 0 amide bonds. The van der Waals surface area contributed by atoms with Crippen molar-refractivity contribution in [1.29, 1.82) is 10.5 Å². The van der Waals surface area contributed by atoms with E-state index in [0.29, 0.717) is 16.8 Å². The molecule has 0 unspecified atom stereocenters. The van der Waals surface area contributed by atoms with E-state index in [4.69, 9.17) is 0 Å². The van der Waals surface area contributed by atoms with Gasteiger partial charge in [-0.3, -0.25) is 0 Å². The van der Waals surface area contributed by atoms with Gasteiger partial charge in [0.25, 0.3) is 0 Å². The normalized spacial score (nSPS) is 11.6. The van der Waals surface area contributed by atoms with Crippen LogP contribution in [0.1, 0.15) is 29.2 Å². The Morgan fingerprint density at radius 1 is 0.750 bits per heavy atom. The number of nitriles is 2. The topological polar surface area (TPSA) is 52.5 Å². The summed E-state index contributed by atoms with van der Waals surface area (Å²) in [6.45, 7) is 8.23. The molecular formula is C41H31N3. The minimum absolute atomic E-state index is 0.469. The summed E-state index contributed by atoms with van der Waals surface area (Å²) in [5.41, 5.74) is 11.7. The monoisotopic (exact) mass is 565 g/mol. The fourth-order valence-electron chi connectivity index (χ4n) is 6.03. The Kier molecular flexibility index (Phi) is 7.79. The van der Waals surface area contributed by atoms with Gasteiger partial charge in [-0.25, -0.2) is 0 Å². The summed E-state index contributed by atoms with van der Waals surface area (Å²) in [5.74, 6) is 0. The molecule has 0 saturated heterocycles. The first kappa shape index (κ1) is 28.2. The highest BCUT2D eigenvalue weighted by molar-refractivity contribution is 6.10. The molecule has 0 fully saturated rings. The van der Waals surface area contributed by atoms with Crippen molar-refractivity contribution >= 4 is 21.8 Å². The SMILES string of the molecule is C=C/C(=C\C=C/C)Cc1ccc(-c2ccc3c(c2)c2ccccc2n3-c2c(C#N)cccc2C#N)cc1-c1ccccc1C. The molecule has 0 bridgehead atoms. The number of hydrogen-bond donors (Lipinski definition) is 0. The zero-order chi connectivity index (χ0) is 30.6. The molecule has 3 heteroatoms. The number of rotatable bonds is 7. The van der Waals surface area contributed by atoms with E-state index in [-0.39, 0.29) is 0 Å². The van der Waals surface area contributed by atoms with Crippen LogP contribution in [0, 0.1) is 29.6 Å². The summed E-state index contributed by atoms with van der Waals surface area (Å²) in [6.07, 6.45) is 8.92. The van der Waals surface area contributed by atoms with Gasteiger partial charge in [0.1, 0.15) is 12.1 Å². The first-order chi connectivity index (χ1) is 21.6. The Morgan fingerprint density at radius 2 is 1.43 bits per heavy atom. The third-order valence-corrected chi connectivity index (χ3v) is 8.21. The van der Waals surface area contributed by atoms with Crippen LogP contribution in [-0.2, 0) is 6.42 Å². The Balaban J connectivity index is 1.56. The van der Waals surface area contributed by atoms with Gasteiger partial charge >= 0.3 is 0 Å². The van der Waals surface area contributed by atoms with E-state index in [1.54, 1.807) is 18.2 Å². The fraction of sp³-hybridized carbons (Fsp3) is 0.0732. The van der Waals surface area contributed by atoms with Gasteiger partial charge < -0.3 is 4.57 Å². The van der Waals surface area contributed by atoms with E-state index in [1.807, 2.05) is 37.3 Å². The molecule has 0 N–H and O–H groups in total. The number of allylic oxidation sites excluding steroid dienone is 5. The predicted octanol–water partition coefficient (Wildman–Crippen LogP) is 10.4. The quantitative estimate of drug-likeness (QED) is 0.181. The molecule has 0 aliphatic rings. The molecule has 0 aliphatic heterocycles. The summed E-state index contributed by atoms with van der Waals surface area (Å²) in [5, 5.41) is 22.1. The Labute approximate surface area is 258 Å². The molecule has 5 aromatic carbocycles. The van der Waals surface area contributed by atoms with Crippen LogP contribution in [0.15, 0.2) is 140 Å². The summed E-state index contributed by atoms with van der Waals surface area (Å²) in [4.78, 5) is 0. The standard InChI is InChI=1S/C41H31N3/c1-4-6-13-29(5-2)23-32-20-19-30(24-37(32)35-16-8-7-12-28(35)3)31-21-22-40-38(25-31)36-17-9-10-18-39(36)44(40)41-33(26-42)14-11-15-34(41)27-43/h4-22,24-25H,2,23H2,1,3H3/b6-4-,29-13+. The number of aryl methyl sites for hydroxylation is 1. The lowest BCUT2D eigenvalue weighted by atomic mass is 9.89. The molecule has 44 heavy (non-hydrogen) atoms. The molecule has 0 spiro atoms. The maximum Gasteiger partial charge on any atom is 0.101 e. The summed E-state index contributed by atoms with van der Waals surface area (Å²) >= 11 is 0. The summed E-state index contributed by atoms with van der Waals surface area (Å²) in [7, 11) is 0. The van der Waals surface area contributed by atoms with E-state index >= 15 is 0 Å². The molecule has 6 aromatic rings. The fourth-order valence-corrected chi connectivity index (χ4v) is 6.03. The average Bonchev–Trinajstić information content (AvgIpc) is 3.39. The van der Waals surface area contributed by atoms with Crippen molar-refractivity contribution in [2.24, 2.45) is 0 Å². The third kappa shape index (κ3) is 5.02. The van der Waals surface area contributed by atoms with Crippen molar-refractivity contribution < 1.29 is 0 Å². The second-order valence-electron chi connectivity index (χ2n) is 10.8. The predicted molar refractivity (Wildman–Crippen MR) is 183 cm³/mol. The van der Waals surface area contributed by atoms with Gasteiger partial charge in [-0.15, -0.1) is 0 Å². The molecule has 1 heterocycles. The van der Waals surface area contributed by atoms with Crippen molar-refractivity contribution in [3.05, 3.63) is 162 Å². The van der Waals surface area contributed by atoms with E-state index in [1.165, 1.54) is 22.3 Å². The van der Waals surface area contributed by atoms with Crippen LogP contribution in [0.4, 0.5) is 0 Å². The molecule has 1 aromatic heterocycles. The van der Waals surface area contributed by atoms with Crippen molar-refractivity contribution in [3.8, 4) is 40.1 Å². The maximum atomic E-state index is 9.96. The highest BCUT2D eigenvalue weighted by atomic mass is 15.0. The van der Waals surface area contributed by atoms with Crippen LogP contribution in [0.25, 0.3) is 49.7 Å². The van der Waals surface area contributed by atoms with Crippen LogP contribution < -0.4 is 0 Å². The highest BCUT2D eigenvalue weighted by Gasteiger charge is 2.19. The number of nitrogens with zero attached hydrogens (tertiary/aromatic N) is 3. The molecule has 0 saturated carbocycles. The minimum atomic E-state index is 0.469. The number of hydrogen-bond acceptors (Lipinski definition) is 2. The lowest BCUT2D eigenvalue weighted by molar-refractivity contribution is 1.15. The van der Waals surface area contributed by atoms with Crippen molar-refractivity contribution in [2.75, 3.05) is 0 Å². The van der Waals surface area contributed by atoms with Gasteiger partial charge in [-0.1, -0.05) is 97.6 Å². The Hall–Kier alpha value is -5.90. The molecule has 6 rings (SSSR count). The van der Waals surface area contributed by atoms with Crippen LogP contribution in [0.2, 0.25) is 0 Å². The minimum Gasteiger partial charge on any atom is -0.307 e. The zero-order valence-electron chi connectivity index (χ0n) is 24.9. The maximum absolute atomic E-state index is 9.96. The lowest BCUT2D eigenvalue weighted by Crippen LogP contribution is -2.01. The smallest absolute Gasteiger partial charge is 0.101 e. The van der Waals surface area contributed by atoms with Crippen LogP contribution in [-0.4, -0.2) is 4.57 Å². The summed E-state index contributed by atoms with van der Waals surface area (Å²) in [6, 6.07) is 39.8. The number of fused-ring (bicyclic) bond motifs is 3. The lowest BCUT2D eigenvalue weighted by Gasteiger charge is -2.15. The van der Waals surface area contributed by atoms with Crippen LogP contribution >= 0.6 is 0 Å². The number of aromatic nitrogens is 1. The van der Waals surface area contributed by atoms with Gasteiger partial charge in [0.2, 0.25) is 0 Å². The molecule has 0 atom stereocenters. The zero-order valence-corrected chi connectivity index (χ0v) is 24.9. The molecule has 3 nitrogen and oxygen atoms in total. The van der Waals surface area contributed by atoms with Gasteiger partial charge in [0.15, 0.2) is 0 Å². The summed E-state index contributed by atoms with van der Waals surface area (Å²) < 4.78 is 2.06. The molecule has 210 valence electrons. The van der Waals surface area contributed by atoms with Gasteiger partial charge in [-0.2, -0.15) is 10.5 Å². The van der Waals surface area contributed by atoms with Crippen molar-refractivity contribution in [1.82, 2.24) is 4.57 Å². The Morgan fingerprint density at radius 3 is 2.16 bits per heavy atom. The van der Waals surface area contributed by atoms with E-state index in [2.05, 4.69) is 109 Å². The first-order valence-electron chi connectivity index (χ1n) is 14.7. The van der Waals surface area contributed by atoms with Gasteiger partial charge in [0.05, 0.1) is 27.8 Å². The van der Waals surface area contributed by atoms with Crippen molar-refractivity contribution in [2.45, 2.75) is 20.3 Å². The van der Waals surface area contributed by atoms with Gasteiger partial charge in [0, 0.05) is 10.8 Å². The molecule has 0 aliphatic carbocycles. The second kappa shape index (κ2) is 12.1. The molecular weight excluding hydrogens is 534 g/mol. The Bertz CT molecular complexity index is 2180. The number of benzene rings is 5. The molecule has 0 radical (unpaired) electrons. The largest absolute Gasteiger partial charge is 0.307 e. The van der Waals surface area contributed by atoms with E-state index in [0.717, 1.165) is 44.9 Å². The highest BCUT2D eigenvalue weighted by Crippen LogP contribution is 2.38. The van der Waals surface area contributed by atoms with Crippen LogP contribution in [0.3, 0.4) is 0 Å². The van der Waals surface area contributed by atoms with Gasteiger partial charge in [-0.05, 0) is 95.6 Å². The second-order valence-corrected chi connectivity index (χ2v) is 10.8. The van der Waals surface area contributed by atoms with E-state index < -0.39 is 0 Å². The first-order valence-corrected chi connectivity index (χ1v) is 14.7. The van der Waals surface area contributed by atoms with Crippen molar-refractivity contribution in [3.63, 3.8) is 0 Å². The average molecular weight is 566 g/mol.